The van der Waals surface area contributed by atoms with Gasteiger partial charge in [0, 0.05) is 5.92 Å². The van der Waals surface area contributed by atoms with E-state index in [1.54, 1.807) is 6.07 Å². The van der Waals surface area contributed by atoms with Gasteiger partial charge in [0.2, 0.25) is 0 Å². The quantitative estimate of drug-likeness (QED) is 0.217. The van der Waals surface area contributed by atoms with Gasteiger partial charge in [0.1, 0.15) is 11.6 Å². The van der Waals surface area contributed by atoms with Gasteiger partial charge in [-0.2, -0.15) is 13.2 Å². The highest BCUT2D eigenvalue weighted by molar-refractivity contribution is 5.86. The first-order chi connectivity index (χ1) is 17.1. The van der Waals surface area contributed by atoms with Crippen molar-refractivity contribution in [2.24, 2.45) is 23.7 Å². The topological polar surface area (TPSA) is 0 Å². The first kappa shape index (κ1) is 25.2. The van der Waals surface area contributed by atoms with Crippen molar-refractivity contribution in [1.82, 2.24) is 0 Å². The molecule has 5 atom stereocenters. The van der Waals surface area contributed by atoms with Crippen molar-refractivity contribution in [2.45, 2.75) is 76.8 Å². The van der Waals surface area contributed by atoms with Gasteiger partial charge in [-0.05, 0) is 117 Å². The molecule has 192 valence electrons. The molecule has 2 aromatic carbocycles. The molecule has 3 aliphatic carbocycles. The van der Waals surface area contributed by atoms with Gasteiger partial charge < -0.3 is 0 Å². The van der Waals surface area contributed by atoms with Crippen molar-refractivity contribution in [2.75, 3.05) is 0 Å². The molecule has 0 spiro atoms. The zero-order chi connectivity index (χ0) is 25.6. The van der Waals surface area contributed by atoms with Crippen LogP contribution in [-0.4, -0.2) is 6.18 Å². The number of allylic oxidation sites excluding steroid dienone is 2. The normalized spacial score (nSPS) is 28.8. The summed E-state index contributed by atoms with van der Waals surface area (Å²) in [5.41, 5.74) is 1.15. The van der Waals surface area contributed by atoms with Crippen LogP contribution in [0.1, 0.15) is 81.8 Å². The number of halogens is 6. The fraction of sp³-hybridized carbons (Fsp3) is 0.533. The average molecular weight is 505 g/mol. The van der Waals surface area contributed by atoms with Crippen molar-refractivity contribution < 1.29 is 26.3 Å². The minimum absolute atomic E-state index is 0.0176. The van der Waals surface area contributed by atoms with E-state index in [0.29, 0.717) is 17.4 Å². The van der Waals surface area contributed by atoms with E-state index in [1.165, 1.54) is 56.1 Å². The molecule has 2 aromatic rings. The monoisotopic (exact) mass is 504 g/mol. The summed E-state index contributed by atoms with van der Waals surface area (Å²) in [6.45, 7) is 2.22. The number of benzene rings is 2. The van der Waals surface area contributed by atoms with Crippen LogP contribution in [0.15, 0.2) is 29.8 Å². The minimum Gasteiger partial charge on any atom is -0.206 e. The minimum atomic E-state index is -4.90. The SMILES string of the molecule is CC1=CCC(C2CCC3CC(c4cc(F)c5c(F)c(C#CC(F)(F)F)c(F)cc5c4)CCC3C2)CC1. The van der Waals surface area contributed by atoms with E-state index in [0.717, 1.165) is 43.1 Å². The maximum Gasteiger partial charge on any atom is 0.458 e. The van der Waals surface area contributed by atoms with Crippen molar-refractivity contribution in [3.8, 4) is 11.8 Å². The lowest BCUT2D eigenvalue weighted by Gasteiger charge is -2.44. The third-order valence-electron chi connectivity index (χ3n) is 8.90. The number of alkyl halides is 3. The molecule has 0 aromatic heterocycles. The number of fused-ring (bicyclic) bond motifs is 2. The number of rotatable bonds is 2. The van der Waals surface area contributed by atoms with Crippen molar-refractivity contribution in [1.29, 1.82) is 0 Å². The van der Waals surface area contributed by atoms with Crippen molar-refractivity contribution in [3.63, 3.8) is 0 Å². The highest BCUT2D eigenvalue weighted by atomic mass is 19.4. The summed E-state index contributed by atoms with van der Waals surface area (Å²) in [5, 5.41) is -0.498. The van der Waals surface area contributed by atoms with Crippen LogP contribution in [0.4, 0.5) is 26.3 Å². The zero-order valence-corrected chi connectivity index (χ0v) is 20.3. The standard InChI is InChI=1S/C30H30F6/c1-17-2-4-18(5-3-17)19-6-7-21-13-22(9-8-20(21)12-19)23-14-24-16-26(31)25(10-11-30(34,35)36)29(33)28(24)27(32)15-23/h2,14-16,18-22H,3-9,12-13H2,1H3. The summed E-state index contributed by atoms with van der Waals surface area (Å²) >= 11 is 0. The Morgan fingerprint density at radius 1 is 0.806 bits per heavy atom. The maximum atomic E-state index is 15.0. The van der Waals surface area contributed by atoms with Gasteiger partial charge in [-0.3, -0.25) is 0 Å². The third-order valence-corrected chi connectivity index (χ3v) is 8.90. The average Bonchev–Trinajstić information content (AvgIpc) is 2.82. The molecular formula is C30H30F6. The Balaban J connectivity index is 1.34. The Hall–Kier alpha value is -2.42. The molecule has 5 unspecified atom stereocenters. The lowest BCUT2D eigenvalue weighted by Crippen LogP contribution is -2.33. The van der Waals surface area contributed by atoms with Gasteiger partial charge in [0.15, 0.2) is 5.82 Å². The lowest BCUT2D eigenvalue weighted by atomic mass is 9.61. The predicted molar refractivity (Wildman–Crippen MR) is 129 cm³/mol. The molecule has 5 rings (SSSR count). The van der Waals surface area contributed by atoms with Gasteiger partial charge >= 0.3 is 6.18 Å². The molecule has 0 saturated heterocycles. The van der Waals surface area contributed by atoms with Crippen LogP contribution >= 0.6 is 0 Å². The fourth-order valence-electron chi connectivity index (χ4n) is 6.99. The second kappa shape index (κ2) is 9.80. The summed E-state index contributed by atoms with van der Waals surface area (Å²) in [7, 11) is 0. The first-order valence-electron chi connectivity index (χ1n) is 13.0. The van der Waals surface area contributed by atoms with Gasteiger partial charge in [0.25, 0.3) is 0 Å². The van der Waals surface area contributed by atoms with Gasteiger partial charge in [-0.25, -0.2) is 13.2 Å². The Bertz CT molecular complexity index is 1240. The molecule has 0 amide bonds. The summed E-state index contributed by atoms with van der Waals surface area (Å²) in [6.07, 6.45) is 7.78. The molecule has 2 saturated carbocycles. The highest BCUT2D eigenvalue weighted by Crippen LogP contribution is 2.50. The number of hydrogen-bond donors (Lipinski definition) is 0. The molecule has 0 bridgehead atoms. The van der Waals surface area contributed by atoms with Crippen LogP contribution in [0.5, 0.6) is 0 Å². The third kappa shape index (κ3) is 5.17. The molecule has 0 nitrogen and oxygen atoms in total. The van der Waals surface area contributed by atoms with Crippen LogP contribution in [0, 0.1) is 53.0 Å². The van der Waals surface area contributed by atoms with Gasteiger partial charge in [0.05, 0.1) is 10.9 Å². The van der Waals surface area contributed by atoms with Gasteiger partial charge in [-0.15, -0.1) is 0 Å². The van der Waals surface area contributed by atoms with Crippen LogP contribution in [0.2, 0.25) is 0 Å². The lowest BCUT2D eigenvalue weighted by molar-refractivity contribution is -0.0696. The Morgan fingerprint density at radius 2 is 1.50 bits per heavy atom. The Kier molecular flexibility index (Phi) is 6.87. The summed E-state index contributed by atoms with van der Waals surface area (Å²) < 4.78 is 81.5. The molecular weight excluding hydrogens is 474 g/mol. The van der Waals surface area contributed by atoms with E-state index >= 15 is 4.39 Å². The molecule has 0 aliphatic heterocycles. The van der Waals surface area contributed by atoms with Crippen LogP contribution in [-0.2, 0) is 0 Å². The van der Waals surface area contributed by atoms with E-state index in [4.69, 9.17) is 0 Å². The van der Waals surface area contributed by atoms with E-state index in [2.05, 4.69) is 13.0 Å². The zero-order valence-electron chi connectivity index (χ0n) is 20.3. The molecule has 6 heteroatoms. The van der Waals surface area contributed by atoms with Crippen LogP contribution in [0.3, 0.4) is 0 Å². The van der Waals surface area contributed by atoms with E-state index in [-0.39, 0.29) is 11.3 Å². The Labute approximate surface area is 208 Å². The number of hydrogen-bond acceptors (Lipinski definition) is 0. The summed E-state index contributed by atoms with van der Waals surface area (Å²) in [4.78, 5) is 0. The fourth-order valence-corrected chi connectivity index (χ4v) is 6.99. The molecule has 0 heterocycles. The van der Waals surface area contributed by atoms with Gasteiger partial charge in [-0.1, -0.05) is 23.6 Å². The summed E-state index contributed by atoms with van der Waals surface area (Å²) in [5.74, 6) is 1.79. The largest absolute Gasteiger partial charge is 0.458 e. The first-order valence-corrected chi connectivity index (χ1v) is 13.0. The van der Waals surface area contributed by atoms with E-state index in [1.807, 2.05) is 0 Å². The van der Waals surface area contributed by atoms with Crippen LogP contribution in [0.25, 0.3) is 10.8 Å². The molecule has 2 fully saturated rings. The summed E-state index contributed by atoms with van der Waals surface area (Å²) in [6, 6.07) is 3.76. The van der Waals surface area contributed by atoms with E-state index < -0.39 is 34.6 Å². The molecule has 36 heavy (non-hydrogen) atoms. The molecule has 0 radical (unpaired) electrons. The second-order valence-electron chi connectivity index (χ2n) is 11.1. The van der Waals surface area contributed by atoms with Crippen molar-refractivity contribution >= 4 is 10.8 Å². The Morgan fingerprint density at radius 3 is 2.19 bits per heavy atom. The molecule has 0 N–H and O–H groups in total. The smallest absolute Gasteiger partial charge is 0.206 e. The highest BCUT2D eigenvalue weighted by Gasteiger charge is 2.38. The second-order valence-corrected chi connectivity index (χ2v) is 11.1. The van der Waals surface area contributed by atoms with Crippen LogP contribution < -0.4 is 0 Å². The van der Waals surface area contributed by atoms with Crippen molar-refractivity contribution in [3.05, 3.63) is 58.4 Å². The predicted octanol–water partition coefficient (Wildman–Crippen LogP) is 9.22. The maximum absolute atomic E-state index is 15.0. The molecule has 3 aliphatic rings. The van der Waals surface area contributed by atoms with E-state index in [9.17, 15) is 22.0 Å².